The molecule has 0 aliphatic heterocycles. The Labute approximate surface area is 148 Å². The number of amidine groups is 1. The summed E-state index contributed by atoms with van der Waals surface area (Å²) in [6.07, 6.45) is 3.61. The first kappa shape index (κ1) is 18.0. The summed E-state index contributed by atoms with van der Waals surface area (Å²) in [5, 5.41) is 14.3. The van der Waals surface area contributed by atoms with Crippen LogP contribution in [0.1, 0.15) is 20.7 Å². The number of thioether (sulfide) groups is 1. The molecule has 0 aliphatic carbocycles. The Morgan fingerprint density at radius 1 is 1.08 bits per heavy atom. The molecule has 0 atom stereocenters. The number of carbonyl (C=O) groups is 2. The molecule has 4 N–H and O–H groups in total. The van der Waals surface area contributed by atoms with E-state index < -0.39 is 5.91 Å². The number of nitriles is 1. The fourth-order valence-electron chi connectivity index (χ4n) is 1.90. The number of aliphatic imine (C=N–C) groups is 1. The van der Waals surface area contributed by atoms with Gasteiger partial charge in [0.05, 0.1) is 5.69 Å². The van der Waals surface area contributed by atoms with Crippen molar-refractivity contribution in [1.29, 1.82) is 5.26 Å². The highest BCUT2D eigenvalue weighted by Crippen LogP contribution is 2.16. The van der Waals surface area contributed by atoms with Crippen LogP contribution in [0.3, 0.4) is 0 Å². The quantitative estimate of drug-likeness (QED) is 0.337. The maximum Gasteiger partial charge on any atom is 0.255 e. The first-order valence-corrected chi connectivity index (χ1v) is 8.35. The van der Waals surface area contributed by atoms with Crippen molar-refractivity contribution >= 4 is 40.1 Å². The molecule has 0 bridgehead atoms. The molecule has 0 heterocycles. The van der Waals surface area contributed by atoms with Crippen molar-refractivity contribution in [3.63, 3.8) is 0 Å². The fraction of sp³-hybridized carbons (Fsp3) is 0.0588. The first-order chi connectivity index (χ1) is 12.0. The smallest absolute Gasteiger partial charge is 0.255 e. The van der Waals surface area contributed by atoms with Gasteiger partial charge in [0.2, 0.25) is 5.91 Å². The van der Waals surface area contributed by atoms with Crippen LogP contribution >= 0.6 is 11.8 Å². The van der Waals surface area contributed by atoms with Gasteiger partial charge in [-0.1, -0.05) is 11.8 Å². The average molecular weight is 353 g/mol. The van der Waals surface area contributed by atoms with Gasteiger partial charge in [0.1, 0.15) is 0 Å². The zero-order valence-corrected chi connectivity index (χ0v) is 14.1. The number of carbonyl (C=O) groups excluding carboxylic acids is 2. The Hall–Kier alpha value is -3.31. The summed E-state index contributed by atoms with van der Waals surface area (Å²) in [6, 6.07) is 12.9. The Morgan fingerprint density at radius 2 is 1.68 bits per heavy atom. The number of benzene rings is 2. The van der Waals surface area contributed by atoms with Gasteiger partial charge in [-0.3, -0.25) is 14.9 Å². The molecule has 0 saturated heterocycles. The number of hydrogen-bond donors (Lipinski definition) is 3. The number of nitrogens with two attached hydrogens (primary N) is 1. The van der Waals surface area contributed by atoms with E-state index in [-0.39, 0.29) is 5.91 Å². The molecule has 8 heteroatoms. The molecule has 0 fully saturated rings. The highest BCUT2D eigenvalue weighted by molar-refractivity contribution is 8.13. The van der Waals surface area contributed by atoms with E-state index in [9.17, 15) is 9.59 Å². The van der Waals surface area contributed by atoms with Gasteiger partial charge in [-0.2, -0.15) is 5.26 Å². The van der Waals surface area contributed by atoms with Crippen molar-refractivity contribution in [3.8, 4) is 6.19 Å². The molecule has 2 aromatic rings. The van der Waals surface area contributed by atoms with Crippen molar-refractivity contribution in [1.82, 2.24) is 5.32 Å². The minimum atomic E-state index is -0.524. The van der Waals surface area contributed by atoms with Crippen molar-refractivity contribution in [2.24, 2.45) is 10.7 Å². The van der Waals surface area contributed by atoms with Gasteiger partial charge in [-0.15, -0.1) is 0 Å². The molecule has 0 saturated carbocycles. The second kappa shape index (κ2) is 8.52. The standard InChI is InChI=1S/C17H15N5O2S/c1-25-17(20-10-18)22-14-8-4-12(5-9-14)16(24)21-13-6-2-11(3-7-13)15(19)23/h2-9H,1H3,(H2,19,23)(H,20,22)(H,21,24). The maximum atomic E-state index is 12.2. The van der Waals surface area contributed by atoms with Gasteiger partial charge < -0.3 is 11.1 Å². The average Bonchev–Trinajstić information content (AvgIpc) is 2.62. The van der Waals surface area contributed by atoms with E-state index >= 15 is 0 Å². The molecule has 126 valence electrons. The lowest BCUT2D eigenvalue weighted by atomic mass is 10.1. The lowest BCUT2D eigenvalue weighted by Gasteiger charge is -2.06. The number of anilines is 1. The largest absolute Gasteiger partial charge is 0.366 e. The summed E-state index contributed by atoms with van der Waals surface area (Å²) in [7, 11) is 0. The minimum Gasteiger partial charge on any atom is -0.366 e. The number of amides is 2. The predicted octanol–water partition coefficient (Wildman–Crippen LogP) is 2.46. The van der Waals surface area contributed by atoms with Gasteiger partial charge in [0.25, 0.3) is 5.91 Å². The van der Waals surface area contributed by atoms with E-state index in [2.05, 4.69) is 15.6 Å². The van der Waals surface area contributed by atoms with E-state index in [1.54, 1.807) is 54.8 Å². The first-order valence-electron chi connectivity index (χ1n) is 7.12. The summed E-state index contributed by atoms with van der Waals surface area (Å²) >= 11 is 1.31. The fourth-order valence-corrected chi connectivity index (χ4v) is 2.24. The minimum absolute atomic E-state index is 0.289. The molecule has 7 nitrogen and oxygen atoms in total. The van der Waals surface area contributed by atoms with Gasteiger partial charge in [0, 0.05) is 16.8 Å². The van der Waals surface area contributed by atoms with Gasteiger partial charge in [-0.25, -0.2) is 4.99 Å². The molecular weight excluding hydrogens is 338 g/mol. The highest BCUT2D eigenvalue weighted by Gasteiger charge is 2.07. The Kier molecular flexibility index (Phi) is 6.14. The van der Waals surface area contributed by atoms with Crippen LogP contribution < -0.4 is 16.4 Å². The predicted molar refractivity (Wildman–Crippen MR) is 98.7 cm³/mol. The molecule has 0 aliphatic rings. The number of rotatable bonds is 4. The van der Waals surface area contributed by atoms with Gasteiger partial charge in [-0.05, 0) is 54.8 Å². The van der Waals surface area contributed by atoms with Gasteiger partial charge in [0.15, 0.2) is 11.4 Å². The van der Waals surface area contributed by atoms with Crippen LogP contribution in [-0.4, -0.2) is 23.2 Å². The summed E-state index contributed by atoms with van der Waals surface area (Å²) in [6.45, 7) is 0. The van der Waals surface area contributed by atoms with Crippen LogP contribution in [0.2, 0.25) is 0 Å². The number of nitrogens with zero attached hydrogens (tertiary/aromatic N) is 2. The van der Waals surface area contributed by atoms with Crippen molar-refractivity contribution in [3.05, 3.63) is 59.7 Å². The molecule has 0 unspecified atom stereocenters. The van der Waals surface area contributed by atoms with E-state index in [4.69, 9.17) is 11.0 Å². The summed E-state index contributed by atoms with van der Waals surface area (Å²) in [4.78, 5) is 27.5. The maximum absolute atomic E-state index is 12.2. The molecule has 0 spiro atoms. The second-order valence-electron chi connectivity index (χ2n) is 4.80. The summed E-state index contributed by atoms with van der Waals surface area (Å²) in [5.74, 6) is -0.813. The van der Waals surface area contributed by atoms with Crippen molar-refractivity contribution in [2.45, 2.75) is 0 Å². The lowest BCUT2D eigenvalue weighted by Crippen LogP contribution is -2.13. The Bertz CT molecular complexity index is 839. The number of nitrogens with one attached hydrogen (secondary N) is 2. The van der Waals surface area contributed by atoms with Crippen LogP contribution in [0.15, 0.2) is 53.5 Å². The highest BCUT2D eigenvalue weighted by atomic mass is 32.2. The second-order valence-corrected chi connectivity index (χ2v) is 5.60. The van der Waals surface area contributed by atoms with E-state index in [1.165, 1.54) is 11.8 Å². The van der Waals surface area contributed by atoms with E-state index in [0.717, 1.165) is 0 Å². The molecule has 2 aromatic carbocycles. The monoisotopic (exact) mass is 353 g/mol. The van der Waals surface area contributed by atoms with Crippen LogP contribution in [0.25, 0.3) is 0 Å². The van der Waals surface area contributed by atoms with E-state index in [0.29, 0.717) is 27.7 Å². The lowest BCUT2D eigenvalue weighted by molar-refractivity contribution is 0.0998. The number of primary amides is 1. The molecular formula is C17H15N5O2S. The third kappa shape index (κ3) is 5.09. The molecule has 2 amide bonds. The van der Waals surface area contributed by atoms with Crippen molar-refractivity contribution in [2.75, 3.05) is 11.6 Å². The third-order valence-corrected chi connectivity index (χ3v) is 3.72. The van der Waals surface area contributed by atoms with Crippen LogP contribution in [0, 0.1) is 11.5 Å². The normalized spacial score (nSPS) is 10.6. The summed E-state index contributed by atoms with van der Waals surface area (Å²) < 4.78 is 0. The van der Waals surface area contributed by atoms with Crippen molar-refractivity contribution < 1.29 is 9.59 Å². The Morgan fingerprint density at radius 3 is 2.20 bits per heavy atom. The number of hydrogen-bond acceptors (Lipinski definition) is 5. The topological polar surface area (TPSA) is 120 Å². The zero-order valence-electron chi connectivity index (χ0n) is 13.3. The molecule has 0 aromatic heterocycles. The van der Waals surface area contributed by atoms with Crippen LogP contribution in [0.4, 0.5) is 11.4 Å². The molecule has 25 heavy (non-hydrogen) atoms. The zero-order chi connectivity index (χ0) is 18.2. The van der Waals surface area contributed by atoms with Crippen LogP contribution in [-0.2, 0) is 0 Å². The van der Waals surface area contributed by atoms with Crippen LogP contribution in [0.5, 0.6) is 0 Å². The van der Waals surface area contributed by atoms with Gasteiger partial charge >= 0.3 is 0 Å². The summed E-state index contributed by atoms with van der Waals surface area (Å²) in [5.41, 5.74) is 7.17. The SMILES string of the molecule is CSC(=Nc1ccc(C(=O)Nc2ccc(C(N)=O)cc2)cc1)NC#N. The third-order valence-electron chi connectivity index (χ3n) is 3.14. The molecule has 2 rings (SSSR count). The van der Waals surface area contributed by atoms with E-state index in [1.807, 2.05) is 6.19 Å². The Balaban J connectivity index is 2.07. The molecule has 0 radical (unpaired) electrons.